The summed E-state index contributed by atoms with van der Waals surface area (Å²) in [5.74, 6) is -1.05. The zero-order valence-corrected chi connectivity index (χ0v) is 10.3. The van der Waals surface area contributed by atoms with Crippen molar-refractivity contribution in [2.75, 3.05) is 0 Å². The first-order valence-corrected chi connectivity index (χ1v) is 6.06. The molecule has 94 valence electrons. The average Bonchev–Trinajstić information content (AvgIpc) is 2.78. The lowest BCUT2D eigenvalue weighted by Crippen LogP contribution is -2.45. The molecule has 0 saturated heterocycles. The number of rotatable bonds is 2. The van der Waals surface area contributed by atoms with E-state index < -0.39 is 17.3 Å². The Balaban J connectivity index is 2.19. The Bertz CT molecular complexity index is 513. The van der Waals surface area contributed by atoms with Crippen LogP contribution < -0.4 is 5.32 Å². The van der Waals surface area contributed by atoms with Gasteiger partial charge in [0.05, 0.1) is 11.6 Å². The fraction of sp³-hybridized carbons (Fsp3) is 0.429. The molecule has 1 amide bonds. The predicted octanol–water partition coefficient (Wildman–Crippen LogP) is 2.70. The van der Waals surface area contributed by atoms with Crippen molar-refractivity contribution in [1.29, 1.82) is 5.26 Å². The molecule has 1 fully saturated rings. The van der Waals surface area contributed by atoms with Crippen LogP contribution in [0.25, 0.3) is 0 Å². The predicted molar refractivity (Wildman–Crippen MR) is 65.4 cm³/mol. The number of carbonyl (C=O) groups excluding carboxylic acids is 1. The Morgan fingerprint density at radius 3 is 2.67 bits per heavy atom. The summed E-state index contributed by atoms with van der Waals surface area (Å²) in [6.45, 7) is 1.76. The molecule has 1 aromatic carbocycles. The topological polar surface area (TPSA) is 52.9 Å². The molecule has 1 aliphatic rings. The molecule has 0 spiro atoms. The molecule has 1 N–H and O–H groups in total. The van der Waals surface area contributed by atoms with Gasteiger partial charge in [-0.3, -0.25) is 4.79 Å². The van der Waals surface area contributed by atoms with Crippen LogP contribution in [0.1, 0.15) is 41.6 Å². The minimum Gasteiger partial charge on any atom is -0.334 e. The van der Waals surface area contributed by atoms with Gasteiger partial charge in [0.1, 0.15) is 11.4 Å². The fourth-order valence-electron chi connectivity index (χ4n) is 2.33. The summed E-state index contributed by atoms with van der Waals surface area (Å²) < 4.78 is 13.7. The molecule has 18 heavy (non-hydrogen) atoms. The molecule has 0 aliphatic heterocycles. The Hall–Kier alpha value is -1.89. The van der Waals surface area contributed by atoms with E-state index in [1.54, 1.807) is 13.0 Å². The third-order valence-corrected chi connectivity index (χ3v) is 3.39. The zero-order valence-electron chi connectivity index (χ0n) is 10.3. The first kappa shape index (κ1) is 12.6. The highest BCUT2D eigenvalue weighted by Gasteiger charge is 2.35. The molecule has 4 heteroatoms. The maximum absolute atomic E-state index is 13.7. The van der Waals surface area contributed by atoms with E-state index in [0.717, 1.165) is 18.4 Å². The van der Waals surface area contributed by atoms with E-state index in [4.69, 9.17) is 5.26 Å². The molecule has 0 aromatic heterocycles. The molecule has 1 saturated carbocycles. The van der Waals surface area contributed by atoms with Crippen LogP contribution in [0.5, 0.6) is 0 Å². The second-order valence-corrected chi connectivity index (χ2v) is 4.84. The number of nitrogens with zero attached hydrogens (tertiary/aromatic N) is 1. The van der Waals surface area contributed by atoms with Crippen LogP contribution in [0, 0.1) is 24.1 Å². The van der Waals surface area contributed by atoms with E-state index in [9.17, 15) is 9.18 Å². The first-order chi connectivity index (χ1) is 8.56. The molecule has 1 aliphatic carbocycles. The summed E-state index contributed by atoms with van der Waals surface area (Å²) in [6, 6.07) is 6.62. The summed E-state index contributed by atoms with van der Waals surface area (Å²) in [4.78, 5) is 12.0. The second-order valence-electron chi connectivity index (χ2n) is 4.84. The van der Waals surface area contributed by atoms with Crippen LogP contribution in [0.3, 0.4) is 0 Å². The Labute approximate surface area is 106 Å². The van der Waals surface area contributed by atoms with Crippen molar-refractivity contribution in [1.82, 2.24) is 5.32 Å². The number of amides is 1. The average molecular weight is 246 g/mol. The normalized spacial score (nSPS) is 17.2. The van der Waals surface area contributed by atoms with Gasteiger partial charge in [-0.2, -0.15) is 5.26 Å². The van der Waals surface area contributed by atoms with E-state index in [0.29, 0.717) is 12.8 Å². The Morgan fingerprint density at radius 2 is 2.11 bits per heavy atom. The number of benzene rings is 1. The number of nitrogens with one attached hydrogen (secondary N) is 1. The molecule has 0 bridgehead atoms. The quantitative estimate of drug-likeness (QED) is 0.872. The maximum Gasteiger partial charge on any atom is 0.255 e. The van der Waals surface area contributed by atoms with Gasteiger partial charge in [-0.15, -0.1) is 0 Å². The van der Waals surface area contributed by atoms with Crippen molar-refractivity contribution >= 4 is 5.91 Å². The number of nitriles is 1. The van der Waals surface area contributed by atoms with E-state index >= 15 is 0 Å². The number of hydrogen-bond donors (Lipinski definition) is 1. The van der Waals surface area contributed by atoms with Gasteiger partial charge in [-0.25, -0.2) is 4.39 Å². The SMILES string of the molecule is Cc1ccc(C(=O)NC2(C#N)CCCC2)c(F)c1. The first-order valence-electron chi connectivity index (χ1n) is 6.06. The molecule has 2 rings (SSSR count). The van der Waals surface area contributed by atoms with Crippen LogP contribution in [0.15, 0.2) is 18.2 Å². The van der Waals surface area contributed by atoms with Crippen LogP contribution >= 0.6 is 0 Å². The van der Waals surface area contributed by atoms with Gasteiger partial charge in [0.25, 0.3) is 5.91 Å². The standard InChI is InChI=1S/C14H15FN2O/c1-10-4-5-11(12(15)8-10)13(18)17-14(9-16)6-2-3-7-14/h4-5,8H,2-3,6-7H2,1H3,(H,17,18). The lowest BCUT2D eigenvalue weighted by Gasteiger charge is -2.22. The highest BCUT2D eigenvalue weighted by atomic mass is 19.1. The van der Waals surface area contributed by atoms with Gasteiger partial charge >= 0.3 is 0 Å². The smallest absolute Gasteiger partial charge is 0.255 e. The highest BCUT2D eigenvalue weighted by Crippen LogP contribution is 2.29. The number of halogens is 1. The van der Waals surface area contributed by atoms with Gasteiger partial charge in [0, 0.05) is 0 Å². The Morgan fingerprint density at radius 1 is 1.44 bits per heavy atom. The van der Waals surface area contributed by atoms with Crippen LogP contribution in [-0.4, -0.2) is 11.4 Å². The van der Waals surface area contributed by atoms with Crippen LogP contribution in [-0.2, 0) is 0 Å². The molecular formula is C14H15FN2O. The molecule has 0 atom stereocenters. The molecule has 0 radical (unpaired) electrons. The summed E-state index contributed by atoms with van der Waals surface area (Å²) >= 11 is 0. The minimum absolute atomic E-state index is 0.00197. The minimum atomic E-state index is -0.811. The summed E-state index contributed by atoms with van der Waals surface area (Å²) in [6.07, 6.45) is 3.12. The van der Waals surface area contributed by atoms with Crippen LogP contribution in [0.4, 0.5) is 4.39 Å². The second kappa shape index (κ2) is 4.77. The van der Waals surface area contributed by atoms with Crippen molar-refractivity contribution in [2.24, 2.45) is 0 Å². The van der Waals surface area contributed by atoms with Crippen molar-refractivity contribution in [3.63, 3.8) is 0 Å². The molecule has 1 aromatic rings. The van der Waals surface area contributed by atoms with Crippen molar-refractivity contribution in [3.8, 4) is 6.07 Å². The van der Waals surface area contributed by atoms with E-state index in [1.807, 2.05) is 0 Å². The molecule has 3 nitrogen and oxygen atoms in total. The van der Waals surface area contributed by atoms with Crippen molar-refractivity contribution < 1.29 is 9.18 Å². The van der Waals surface area contributed by atoms with E-state index in [-0.39, 0.29) is 5.56 Å². The van der Waals surface area contributed by atoms with E-state index in [1.165, 1.54) is 12.1 Å². The largest absolute Gasteiger partial charge is 0.334 e. The maximum atomic E-state index is 13.7. The summed E-state index contributed by atoms with van der Waals surface area (Å²) in [5, 5.41) is 11.8. The van der Waals surface area contributed by atoms with Gasteiger partial charge in [-0.05, 0) is 50.3 Å². The summed E-state index contributed by atoms with van der Waals surface area (Å²) in [7, 11) is 0. The van der Waals surface area contributed by atoms with Gasteiger partial charge < -0.3 is 5.32 Å². The zero-order chi connectivity index (χ0) is 13.2. The van der Waals surface area contributed by atoms with Crippen molar-refractivity contribution in [2.45, 2.75) is 38.1 Å². The third kappa shape index (κ3) is 2.35. The molecule has 0 heterocycles. The van der Waals surface area contributed by atoms with Crippen molar-refractivity contribution in [3.05, 3.63) is 35.1 Å². The van der Waals surface area contributed by atoms with Gasteiger partial charge in [0.15, 0.2) is 0 Å². The van der Waals surface area contributed by atoms with E-state index in [2.05, 4.69) is 11.4 Å². The third-order valence-electron chi connectivity index (χ3n) is 3.39. The van der Waals surface area contributed by atoms with Gasteiger partial charge in [-0.1, -0.05) is 6.07 Å². The lowest BCUT2D eigenvalue weighted by atomic mass is 9.99. The highest BCUT2D eigenvalue weighted by molar-refractivity contribution is 5.95. The Kier molecular flexibility index (Phi) is 3.33. The van der Waals surface area contributed by atoms with Crippen LogP contribution in [0.2, 0.25) is 0 Å². The fourth-order valence-corrected chi connectivity index (χ4v) is 2.33. The lowest BCUT2D eigenvalue weighted by molar-refractivity contribution is 0.0916. The number of hydrogen-bond acceptors (Lipinski definition) is 2. The number of carbonyl (C=O) groups is 1. The summed E-state index contributed by atoms with van der Waals surface area (Å²) in [5.41, 5.74) is -0.0453. The molecule has 0 unspecified atom stereocenters. The molecular weight excluding hydrogens is 231 g/mol. The monoisotopic (exact) mass is 246 g/mol. The number of aryl methyl sites for hydroxylation is 1. The van der Waals surface area contributed by atoms with Gasteiger partial charge in [0.2, 0.25) is 0 Å².